The second kappa shape index (κ2) is 8.47. The first kappa shape index (κ1) is 18.6. The Morgan fingerprint density at radius 2 is 1.81 bits per heavy atom. The maximum absolute atomic E-state index is 13.6. The molecule has 7 heteroatoms. The van der Waals surface area contributed by atoms with Crippen LogP contribution in [-0.4, -0.2) is 30.1 Å². The Hall–Kier alpha value is -2.18. The standard InChI is InChI=1S/C19H20ClF2N3O/c20-14-3-1-13(2-4-14)12-25-9-7-16(8-10-25)23-19(26)24-18-11-15(21)5-6-17(18)22/h1-6,11,16H,7-10,12H2,(H2,23,24,26). The Bertz CT molecular complexity index is 762. The maximum atomic E-state index is 13.6. The maximum Gasteiger partial charge on any atom is 0.319 e. The lowest BCUT2D eigenvalue weighted by atomic mass is 10.0. The first-order valence-corrected chi connectivity index (χ1v) is 8.87. The second-order valence-electron chi connectivity index (χ2n) is 6.40. The average Bonchev–Trinajstić information content (AvgIpc) is 2.62. The molecule has 0 unspecified atom stereocenters. The predicted molar refractivity (Wildman–Crippen MR) is 98.3 cm³/mol. The van der Waals surface area contributed by atoms with Gasteiger partial charge >= 0.3 is 6.03 Å². The van der Waals surface area contributed by atoms with Gasteiger partial charge in [-0.25, -0.2) is 13.6 Å². The van der Waals surface area contributed by atoms with Crippen molar-refractivity contribution in [2.24, 2.45) is 0 Å². The van der Waals surface area contributed by atoms with Gasteiger partial charge in [0.2, 0.25) is 0 Å². The first-order valence-electron chi connectivity index (χ1n) is 8.49. The van der Waals surface area contributed by atoms with Gasteiger partial charge in [-0.05, 0) is 42.7 Å². The number of benzene rings is 2. The minimum absolute atomic E-state index is 0.00749. The van der Waals surface area contributed by atoms with Gasteiger partial charge in [-0.1, -0.05) is 23.7 Å². The van der Waals surface area contributed by atoms with Crippen LogP contribution in [0.25, 0.3) is 0 Å². The van der Waals surface area contributed by atoms with E-state index in [0.717, 1.165) is 55.7 Å². The van der Waals surface area contributed by atoms with Gasteiger partial charge in [0.25, 0.3) is 0 Å². The van der Waals surface area contributed by atoms with E-state index >= 15 is 0 Å². The second-order valence-corrected chi connectivity index (χ2v) is 6.84. The summed E-state index contributed by atoms with van der Waals surface area (Å²) < 4.78 is 26.7. The number of rotatable bonds is 4. The van der Waals surface area contributed by atoms with Gasteiger partial charge in [0.1, 0.15) is 11.6 Å². The molecule has 2 N–H and O–H groups in total. The molecule has 0 atom stereocenters. The number of likely N-dealkylation sites (tertiary alicyclic amines) is 1. The van der Waals surface area contributed by atoms with E-state index in [0.29, 0.717) is 0 Å². The van der Waals surface area contributed by atoms with Gasteiger partial charge < -0.3 is 10.6 Å². The highest BCUT2D eigenvalue weighted by Crippen LogP contribution is 2.17. The van der Waals surface area contributed by atoms with Gasteiger partial charge in [-0.2, -0.15) is 0 Å². The molecule has 0 saturated carbocycles. The Morgan fingerprint density at radius 3 is 2.50 bits per heavy atom. The molecule has 4 nitrogen and oxygen atoms in total. The van der Waals surface area contributed by atoms with E-state index in [1.165, 1.54) is 5.56 Å². The van der Waals surface area contributed by atoms with E-state index in [-0.39, 0.29) is 11.7 Å². The summed E-state index contributed by atoms with van der Waals surface area (Å²) in [6, 6.07) is 10.2. The Balaban J connectivity index is 1.45. The SMILES string of the molecule is O=C(Nc1cc(F)ccc1F)NC1CCN(Cc2ccc(Cl)cc2)CC1. The largest absolute Gasteiger partial charge is 0.335 e. The quantitative estimate of drug-likeness (QED) is 0.826. The van der Waals surface area contributed by atoms with E-state index in [1.54, 1.807) is 0 Å². The fraction of sp³-hybridized carbons (Fsp3) is 0.316. The third kappa shape index (κ3) is 5.16. The van der Waals surface area contributed by atoms with Crippen LogP contribution in [0.4, 0.5) is 19.3 Å². The highest BCUT2D eigenvalue weighted by molar-refractivity contribution is 6.30. The minimum atomic E-state index is -0.667. The summed E-state index contributed by atoms with van der Waals surface area (Å²) in [6.07, 6.45) is 1.60. The van der Waals surface area contributed by atoms with Crippen molar-refractivity contribution in [3.8, 4) is 0 Å². The smallest absolute Gasteiger partial charge is 0.319 e. The fourth-order valence-corrected chi connectivity index (χ4v) is 3.15. The summed E-state index contributed by atoms with van der Waals surface area (Å²) in [5.41, 5.74) is 1.03. The number of hydrogen-bond acceptors (Lipinski definition) is 2. The van der Waals surface area contributed by atoms with Crippen LogP contribution >= 0.6 is 11.6 Å². The van der Waals surface area contributed by atoms with Crippen LogP contribution in [0.5, 0.6) is 0 Å². The van der Waals surface area contributed by atoms with Crippen molar-refractivity contribution in [3.05, 3.63) is 64.7 Å². The molecular weight excluding hydrogens is 360 g/mol. The van der Waals surface area contributed by atoms with E-state index in [4.69, 9.17) is 11.6 Å². The summed E-state index contributed by atoms with van der Waals surface area (Å²) in [5.74, 6) is -1.27. The number of carbonyl (C=O) groups excluding carboxylic acids is 1. The zero-order valence-corrected chi connectivity index (χ0v) is 14.9. The lowest BCUT2D eigenvalue weighted by Crippen LogP contribution is -2.45. The van der Waals surface area contributed by atoms with Gasteiger partial charge in [0, 0.05) is 36.8 Å². The zero-order chi connectivity index (χ0) is 18.5. The lowest BCUT2D eigenvalue weighted by molar-refractivity contribution is 0.190. The number of anilines is 1. The third-order valence-corrected chi connectivity index (χ3v) is 4.67. The highest BCUT2D eigenvalue weighted by Gasteiger charge is 2.21. The van der Waals surface area contributed by atoms with Crippen molar-refractivity contribution in [3.63, 3.8) is 0 Å². The normalized spacial score (nSPS) is 15.7. The topological polar surface area (TPSA) is 44.4 Å². The molecule has 1 saturated heterocycles. The van der Waals surface area contributed by atoms with Crippen molar-refractivity contribution >= 4 is 23.3 Å². The van der Waals surface area contributed by atoms with Crippen LogP contribution < -0.4 is 10.6 Å². The number of halogens is 3. The van der Waals surface area contributed by atoms with E-state index < -0.39 is 17.7 Å². The van der Waals surface area contributed by atoms with Crippen LogP contribution in [0.1, 0.15) is 18.4 Å². The van der Waals surface area contributed by atoms with E-state index in [2.05, 4.69) is 15.5 Å². The van der Waals surface area contributed by atoms with Crippen molar-refractivity contribution in [2.75, 3.05) is 18.4 Å². The molecule has 1 aliphatic heterocycles. The van der Waals surface area contributed by atoms with Crippen LogP contribution in [0, 0.1) is 11.6 Å². The number of nitrogens with zero attached hydrogens (tertiary/aromatic N) is 1. The summed E-state index contributed by atoms with van der Waals surface area (Å²) >= 11 is 5.89. The van der Waals surface area contributed by atoms with E-state index in [9.17, 15) is 13.6 Å². The molecule has 26 heavy (non-hydrogen) atoms. The molecule has 0 bridgehead atoms. The van der Waals surface area contributed by atoms with Gasteiger partial charge in [-0.3, -0.25) is 4.90 Å². The van der Waals surface area contributed by atoms with Gasteiger partial charge in [0.15, 0.2) is 0 Å². The van der Waals surface area contributed by atoms with Crippen LogP contribution in [0.2, 0.25) is 5.02 Å². The molecule has 0 aliphatic carbocycles. The zero-order valence-electron chi connectivity index (χ0n) is 14.1. The van der Waals surface area contributed by atoms with Crippen molar-refractivity contribution in [1.82, 2.24) is 10.2 Å². The molecule has 1 aliphatic rings. The molecule has 1 heterocycles. The van der Waals surface area contributed by atoms with Crippen molar-refractivity contribution in [2.45, 2.75) is 25.4 Å². The van der Waals surface area contributed by atoms with Crippen LogP contribution in [0.3, 0.4) is 0 Å². The Morgan fingerprint density at radius 1 is 1.12 bits per heavy atom. The molecular formula is C19H20ClF2N3O. The van der Waals surface area contributed by atoms with Crippen LogP contribution in [0.15, 0.2) is 42.5 Å². The third-order valence-electron chi connectivity index (χ3n) is 4.42. The van der Waals surface area contributed by atoms with Crippen molar-refractivity contribution < 1.29 is 13.6 Å². The molecule has 2 amide bonds. The summed E-state index contributed by atoms with van der Waals surface area (Å²) in [6.45, 7) is 2.54. The molecule has 3 rings (SSSR count). The number of hydrogen-bond donors (Lipinski definition) is 2. The van der Waals surface area contributed by atoms with Gasteiger partial charge in [-0.15, -0.1) is 0 Å². The van der Waals surface area contributed by atoms with E-state index in [1.807, 2.05) is 24.3 Å². The molecule has 0 aromatic heterocycles. The average molecular weight is 380 g/mol. The Labute approximate surface area is 156 Å². The Kier molecular flexibility index (Phi) is 6.06. The lowest BCUT2D eigenvalue weighted by Gasteiger charge is -2.32. The molecule has 2 aromatic carbocycles. The first-order chi connectivity index (χ1) is 12.5. The monoisotopic (exact) mass is 379 g/mol. The molecule has 138 valence electrons. The summed E-state index contributed by atoms with van der Waals surface area (Å²) in [5, 5.41) is 5.91. The predicted octanol–water partition coefficient (Wildman–Crippen LogP) is 4.40. The van der Waals surface area contributed by atoms with Crippen LogP contribution in [-0.2, 0) is 6.54 Å². The minimum Gasteiger partial charge on any atom is -0.335 e. The molecule has 2 aromatic rings. The number of amides is 2. The number of nitrogens with one attached hydrogen (secondary N) is 2. The molecule has 0 radical (unpaired) electrons. The number of piperidine rings is 1. The summed E-state index contributed by atoms with van der Waals surface area (Å²) in [4.78, 5) is 14.3. The highest BCUT2D eigenvalue weighted by atomic mass is 35.5. The molecule has 0 spiro atoms. The summed E-state index contributed by atoms with van der Waals surface area (Å²) in [7, 11) is 0. The number of carbonyl (C=O) groups is 1. The fourth-order valence-electron chi connectivity index (χ4n) is 3.02. The van der Waals surface area contributed by atoms with Crippen molar-refractivity contribution in [1.29, 1.82) is 0 Å². The van der Waals surface area contributed by atoms with Gasteiger partial charge in [0.05, 0.1) is 5.69 Å². The molecule has 1 fully saturated rings. The number of urea groups is 1.